The van der Waals surface area contributed by atoms with Gasteiger partial charge in [-0.2, -0.15) is 0 Å². The highest BCUT2D eigenvalue weighted by molar-refractivity contribution is 5.88. The Morgan fingerprint density at radius 3 is 2.67 bits per heavy atom. The summed E-state index contributed by atoms with van der Waals surface area (Å²) < 4.78 is 9.65. The van der Waals surface area contributed by atoms with Gasteiger partial charge in [0.25, 0.3) is 0 Å². The summed E-state index contributed by atoms with van der Waals surface area (Å²) in [5.41, 5.74) is 0.303. The minimum atomic E-state index is -0.424. The zero-order chi connectivity index (χ0) is 9.56. The highest BCUT2D eigenvalue weighted by atomic mass is 16.5. The quantitative estimate of drug-likeness (QED) is 0.357. The molecule has 0 spiro atoms. The average Bonchev–Trinajstić information content (AvgIpc) is 2.04. The second kappa shape index (κ2) is 5.41. The monoisotopic (exact) mass is 170 g/mol. The van der Waals surface area contributed by atoms with Gasteiger partial charge in [-0.25, -0.2) is 4.79 Å². The maximum atomic E-state index is 11.0. The predicted molar refractivity (Wildman–Crippen MR) is 46.5 cm³/mol. The molecule has 0 aliphatic rings. The Morgan fingerprint density at radius 2 is 2.25 bits per heavy atom. The highest BCUT2D eigenvalue weighted by Crippen LogP contribution is 2.05. The van der Waals surface area contributed by atoms with Crippen molar-refractivity contribution in [1.29, 1.82) is 0 Å². The fraction of sp³-hybridized carbons (Fsp3) is 0.444. The van der Waals surface area contributed by atoms with Crippen molar-refractivity contribution < 1.29 is 14.3 Å². The van der Waals surface area contributed by atoms with Crippen LogP contribution in [0.5, 0.6) is 0 Å². The van der Waals surface area contributed by atoms with E-state index in [-0.39, 0.29) is 6.10 Å². The molecule has 0 heterocycles. The van der Waals surface area contributed by atoms with Crippen molar-refractivity contribution in [3.05, 3.63) is 25.0 Å². The van der Waals surface area contributed by atoms with E-state index in [1.165, 1.54) is 6.26 Å². The molecule has 0 bridgehead atoms. The topological polar surface area (TPSA) is 35.5 Å². The first-order chi connectivity index (χ1) is 5.63. The summed E-state index contributed by atoms with van der Waals surface area (Å²) in [6.45, 7) is 10.7. The minimum absolute atomic E-state index is 0.303. The molecular formula is C9H14O3. The summed E-state index contributed by atoms with van der Waals surface area (Å²) in [6, 6.07) is 0. The van der Waals surface area contributed by atoms with E-state index >= 15 is 0 Å². The molecule has 0 radical (unpaired) electrons. The Bertz CT molecular complexity index is 184. The fourth-order valence-corrected chi connectivity index (χ4v) is 0.616. The normalized spacial score (nSPS) is 11.5. The largest absolute Gasteiger partial charge is 0.494 e. The van der Waals surface area contributed by atoms with Crippen LogP contribution in [0.4, 0.5) is 0 Å². The van der Waals surface area contributed by atoms with Crippen molar-refractivity contribution in [1.82, 2.24) is 0 Å². The lowest BCUT2D eigenvalue weighted by molar-refractivity contribution is -0.139. The Hall–Kier alpha value is -1.25. The lowest BCUT2D eigenvalue weighted by Gasteiger charge is -2.12. The first-order valence-electron chi connectivity index (χ1n) is 3.75. The Balaban J connectivity index is 3.99. The van der Waals surface area contributed by atoms with Crippen LogP contribution in [-0.4, -0.2) is 18.7 Å². The first kappa shape index (κ1) is 10.8. The van der Waals surface area contributed by atoms with Crippen LogP contribution in [0, 0.1) is 0 Å². The van der Waals surface area contributed by atoms with Crippen LogP contribution in [0.25, 0.3) is 0 Å². The van der Waals surface area contributed by atoms with Crippen LogP contribution in [0.3, 0.4) is 0 Å². The molecule has 0 aromatic heterocycles. The highest BCUT2D eigenvalue weighted by Gasteiger charge is 2.15. The molecule has 0 saturated carbocycles. The van der Waals surface area contributed by atoms with Gasteiger partial charge in [-0.3, -0.25) is 0 Å². The molecule has 0 amide bonds. The molecule has 12 heavy (non-hydrogen) atoms. The molecule has 0 aromatic rings. The molecule has 3 nitrogen and oxygen atoms in total. The average molecular weight is 170 g/mol. The van der Waals surface area contributed by atoms with Crippen molar-refractivity contribution in [2.45, 2.75) is 20.0 Å². The van der Waals surface area contributed by atoms with Gasteiger partial charge in [0.1, 0.15) is 6.10 Å². The fourth-order valence-electron chi connectivity index (χ4n) is 0.616. The Labute approximate surface area is 72.7 Å². The molecule has 68 valence electrons. The first-order valence-corrected chi connectivity index (χ1v) is 3.75. The summed E-state index contributed by atoms with van der Waals surface area (Å²) in [7, 11) is 0. The van der Waals surface area contributed by atoms with Gasteiger partial charge in [0.15, 0.2) is 0 Å². The molecule has 3 heteroatoms. The number of ether oxygens (including phenoxy) is 2. The van der Waals surface area contributed by atoms with Crippen LogP contribution in [0.2, 0.25) is 0 Å². The van der Waals surface area contributed by atoms with Crippen molar-refractivity contribution in [3.63, 3.8) is 0 Å². The molecule has 0 aliphatic heterocycles. The molecule has 0 aromatic carbocycles. The second-order valence-electron chi connectivity index (χ2n) is 2.19. The van der Waals surface area contributed by atoms with E-state index < -0.39 is 5.97 Å². The van der Waals surface area contributed by atoms with Gasteiger partial charge in [-0.05, 0) is 13.8 Å². The molecule has 0 N–H and O–H groups in total. The van der Waals surface area contributed by atoms with E-state index in [2.05, 4.69) is 13.2 Å². The standard InChI is InChI=1S/C9H14O3/c1-5-11-8(4)7(3)9(10)12-6-2/h5,8H,1,3,6H2,2,4H3. The number of carbonyl (C=O) groups excluding carboxylic acids is 1. The van der Waals surface area contributed by atoms with Gasteiger partial charge in [0, 0.05) is 0 Å². The molecule has 1 unspecified atom stereocenters. The number of carbonyl (C=O) groups is 1. The third kappa shape index (κ3) is 3.23. The van der Waals surface area contributed by atoms with Crippen LogP contribution in [0.15, 0.2) is 25.0 Å². The van der Waals surface area contributed by atoms with E-state index in [4.69, 9.17) is 9.47 Å². The molecule has 0 aliphatic carbocycles. The van der Waals surface area contributed by atoms with Gasteiger partial charge in [0.2, 0.25) is 0 Å². The minimum Gasteiger partial charge on any atom is -0.494 e. The Morgan fingerprint density at radius 1 is 1.67 bits per heavy atom. The van der Waals surface area contributed by atoms with Crippen molar-refractivity contribution >= 4 is 5.97 Å². The van der Waals surface area contributed by atoms with Gasteiger partial charge in [0.05, 0.1) is 18.4 Å². The summed E-state index contributed by atoms with van der Waals surface area (Å²) in [4.78, 5) is 11.0. The molecule has 0 fully saturated rings. The van der Waals surface area contributed by atoms with E-state index in [9.17, 15) is 4.79 Å². The third-order valence-electron chi connectivity index (χ3n) is 1.33. The van der Waals surface area contributed by atoms with Crippen molar-refractivity contribution in [2.75, 3.05) is 6.61 Å². The molecule has 0 saturated heterocycles. The van der Waals surface area contributed by atoms with Gasteiger partial charge in [-0.1, -0.05) is 13.2 Å². The van der Waals surface area contributed by atoms with Gasteiger partial charge in [-0.15, -0.1) is 0 Å². The smallest absolute Gasteiger partial charge is 0.337 e. The maximum Gasteiger partial charge on any atom is 0.337 e. The van der Waals surface area contributed by atoms with Crippen LogP contribution >= 0.6 is 0 Å². The molecule has 1 atom stereocenters. The predicted octanol–water partition coefficient (Wildman–Crippen LogP) is 1.65. The number of esters is 1. The van der Waals surface area contributed by atoms with E-state index in [1.54, 1.807) is 13.8 Å². The SMILES string of the molecule is C=COC(C)C(=C)C(=O)OCC. The summed E-state index contributed by atoms with van der Waals surface area (Å²) in [5.74, 6) is -0.424. The summed E-state index contributed by atoms with van der Waals surface area (Å²) >= 11 is 0. The van der Waals surface area contributed by atoms with E-state index in [0.717, 1.165) is 0 Å². The Kier molecular flexibility index (Phi) is 4.84. The molecule has 0 rings (SSSR count). The van der Waals surface area contributed by atoms with Gasteiger partial charge < -0.3 is 9.47 Å². The molecular weight excluding hydrogens is 156 g/mol. The maximum absolute atomic E-state index is 11.0. The summed E-state index contributed by atoms with van der Waals surface area (Å²) in [5, 5.41) is 0. The van der Waals surface area contributed by atoms with Crippen LogP contribution in [0.1, 0.15) is 13.8 Å². The van der Waals surface area contributed by atoms with Crippen LogP contribution in [-0.2, 0) is 14.3 Å². The third-order valence-corrected chi connectivity index (χ3v) is 1.33. The lowest BCUT2D eigenvalue weighted by Crippen LogP contribution is -2.17. The zero-order valence-corrected chi connectivity index (χ0v) is 7.50. The number of hydrogen-bond acceptors (Lipinski definition) is 3. The number of rotatable bonds is 5. The van der Waals surface area contributed by atoms with Crippen LogP contribution < -0.4 is 0 Å². The van der Waals surface area contributed by atoms with Crippen molar-refractivity contribution in [3.8, 4) is 0 Å². The van der Waals surface area contributed by atoms with E-state index in [1.807, 2.05) is 0 Å². The zero-order valence-electron chi connectivity index (χ0n) is 7.50. The second-order valence-corrected chi connectivity index (χ2v) is 2.19. The van der Waals surface area contributed by atoms with E-state index in [0.29, 0.717) is 12.2 Å². The van der Waals surface area contributed by atoms with Crippen molar-refractivity contribution in [2.24, 2.45) is 0 Å². The lowest BCUT2D eigenvalue weighted by atomic mass is 10.2. The van der Waals surface area contributed by atoms with Gasteiger partial charge >= 0.3 is 5.97 Å². The summed E-state index contributed by atoms with van der Waals surface area (Å²) in [6.07, 6.45) is 0.899. The number of hydrogen-bond donors (Lipinski definition) is 0.